The largest absolute Gasteiger partial charge is 0.508 e. The standard InChI is InChI=1S/C15H14O5/c16-5-4-12(9-2-1-3-10(17)6-9)15-13(19)7-11(18)8-14(15)20/h1-3,5-8,12,17-20H,4H2/t12-/m0/s1. The summed E-state index contributed by atoms with van der Waals surface area (Å²) in [4.78, 5) is 10.9. The van der Waals surface area contributed by atoms with Gasteiger partial charge in [0.15, 0.2) is 0 Å². The van der Waals surface area contributed by atoms with Crippen LogP contribution in [-0.2, 0) is 4.79 Å². The molecule has 0 heterocycles. The van der Waals surface area contributed by atoms with Crippen molar-refractivity contribution in [2.24, 2.45) is 0 Å². The molecule has 0 saturated heterocycles. The van der Waals surface area contributed by atoms with Crippen LogP contribution in [0.15, 0.2) is 36.4 Å². The summed E-state index contributed by atoms with van der Waals surface area (Å²) >= 11 is 0. The second kappa shape index (κ2) is 5.52. The predicted molar refractivity (Wildman–Crippen MR) is 72.1 cm³/mol. The molecule has 20 heavy (non-hydrogen) atoms. The van der Waals surface area contributed by atoms with Crippen LogP contribution < -0.4 is 0 Å². The minimum absolute atomic E-state index is 0.0232. The van der Waals surface area contributed by atoms with E-state index in [0.29, 0.717) is 11.8 Å². The van der Waals surface area contributed by atoms with Gasteiger partial charge >= 0.3 is 0 Å². The van der Waals surface area contributed by atoms with Gasteiger partial charge in [0.25, 0.3) is 0 Å². The normalized spacial score (nSPS) is 12.0. The summed E-state index contributed by atoms with van der Waals surface area (Å²) in [5, 5.41) is 38.6. The second-order valence-corrected chi connectivity index (χ2v) is 4.45. The molecule has 0 radical (unpaired) electrons. The molecule has 2 rings (SSSR count). The number of aldehydes is 1. The minimum atomic E-state index is -0.611. The van der Waals surface area contributed by atoms with Crippen molar-refractivity contribution in [3.63, 3.8) is 0 Å². The fourth-order valence-corrected chi connectivity index (χ4v) is 2.22. The Morgan fingerprint density at radius 3 is 2.15 bits per heavy atom. The van der Waals surface area contributed by atoms with Crippen LogP contribution in [0.4, 0.5) is 0 Å². The summed E-state index contributed by atoms with van der Waals surface area (Å²) in [5.74, 6) is -1.48. The van der Waals surface area contributed by atoms with Crippen molar-refractivity contribution >= 4 is 6.29 Å². The molecule has 0 spiro atoms. The van der Waals surface area contributed by atoms with Gasteiger partial charge < -0.3 is 25.2 Å². The smallest absolute Gasteiger partial charge is 0.126 e. The Bertz CT molecular complexity index is 613. The molecular weight excluding hydrogens is 260 g/mol. The SMILES string of the molecule is O=CC[C@@H](c1cccc(O)c1)c1c(O)cc(O)cc1O. The number of carbonyl (C=O) groups excluding carboxylic acids is 1. The summed E-state index contributed by atoms with van der Waals surface area (Å²) in [6.07, 6.45) is 0.690. The minimum Gasteiger partial charge on any atom is -0.508 e. The lowest BCUT2D eigenvalue weighted by Crippen LogP contribution is -2.03. The van der Waals surface area contributed by atoms with Crippen LogP contribution in [0.1, 0.15) is 23.5 Å². The number of phenols is 4. The fraction of sp³-hybridized carbons (Fsp3) is 0.133. The van der Waals surface area contributed by atoms with Gasteiger partial charge in [0.05, 0.1) is 0 Å². The highest BCUT2D eigenvalue weighted by Crippen LogP contribution is 2.42. The Balaban J connectivity index is 2.57. The molecule has 0 amide bonds. The first-order chi connectivity index (χ1) is 9.52. The van der Waals surface area contributed by atoms with E-state index in [4.69, 9.17) is 0 Å². The molecule has 104 valence electrons. The third-order valence-corrected chi connectivity index (χ3v) is 3.07. The van der Waals surface area contributed by atoms with E-state index in [9.17, 15) is 25.2 Å². The van der Waals surface area contributed by atoms with Crippen LogP contribution in [-0.4, -0.2) is 26.7 Å². The molecule has 0 aliphatic rings. The number of benzene rings is 2. The molecule has 0 aliphatic heterocycles. The van der Waals surface area contributed by atoms with Gasteiger partial charge in [-0.25, -0.2) is 0 Å². The Morgan fingerprint density at radius 1 is 0.950 bits per heavy atom. The summed E-state index contributed by atoms with van der Waals surface area (Å²) in [7, 11) is 0. The lowest BCUT2D eigenvalue weighted by Gasteiger charge is -2.18. The average Bonchev–Trinajstić information content (AvgIpc) is 2.36. The summed E-state index contributed by atoms with van der Waals surface area (Å²) in [6.45, 7) is 0. The van der Waals surface area contributed by atoms with Crippen LogP contribution >= 0.6 is 0 Å². The number of aromatic hydroxyl groups is 4. The van der Waals surface area contributed by atoms with Gasteiger partial charge in [0, 0.05) is 30.0 Å². The van der Waals surface area contributed by atoms with Crippen LogP contribution in [0.5, 0.6) is 23.0 Å². The molecule has 0 fully saturated rings. The highest BCUT2D eigenvalue weighted by Gasteiger charge is 2.22. The molecule has 0 bridgehead atoms. The van der Waals surface area contributed by atoms with Crippen LogP contribution in [0.3, 0.4) is 0 Å². The monoisotopic (exact) mass is 274 g/mol. The second-order valence-electron chi connectivity index (χ2n) is 4.45. The van der Waals surface area contributed by atoms with Crippen molar-refractivity contribution in [1.29, 1.82) is 0 Å². The molecule has 5 nitrogen and oxygen atoms in total. The zero-order valence-corrected chi connectivity index (χ0v) is 10.5. The lowest BCUT2D eigenvalue weighted by molar-refractivity contribution is -0.108. The third kappa shape index (κ3) is 2.66. The summed E-state index contributed by atoms with van der Waals surface area (Å²) in [5.41, 5.74) is 0.717. The van der Waals surface area contributed by atoms with Crippen molar-refractivity contribution in [3.05, 3.63) is 47.5 Å². The molecule has 0 aliphatic carbocycles. The maximum atomic E-state index is 10.9. The number of rotatable bonds is 4. The number of hydrogen-bond acceptors (Lipinski definition) is 5. The summed E-state index contributed by atoms with van der Waals surface area (Å²) in [6, 6.07) is 8.42. The molecule has 5 heteroatoms. The molecule has 0 unspecified atom stereocenters. The van der Waals surface area contributed by atoms with E-state index in [1.807, 2.05) is 0 Å². The zero-order valence-electron chi connectivity index (χ0n) is 10.5. The van der Waals surface area contributed by atoms with Gasteiger partial charge in [0.1, 0.15) is 29.3 Å². The molecular formula is C15H14O5. The van der Waals surface area contributed by atoms with E-state index < -0.39 is 5.92 Å². The van der Waals surface area contributed by atoms with Crippen molar-refractivity contribution in [3.8, 4) is 23.0 Å². The van der Waals surface area contributed by atoms with E-state index in [1.165, 1.54) is 12.1 Å². The molecule has 0 aromatic heterocycles. The number of hydrogen-bond donors (Lipinski definition) is 4. The quantitative estimate of drug-likeness (QED) is 0.641. The Labute approximate surface area is 115 Å². The Morgan fingerprint density at radius 2 is 1.60 bits per heavy atom. The molecule has 1 atom stereocenters. The molecule has 0 saturated carbocycles. The van der Waals surface area contributed by atoms with Gasteiger partial charge in [-0.1, -0.05) is 12.1 Å². The van der Waals surface area contributed by atoms with E-state index in [2.05, 4.69) is 0 Å². The zero-order chi connectivity index (χ0) is 14.7. The fourth-order valence-electron chi connectivity index (χ4n) is 2.22. The van der Waals surface area contributed by atoms with Crippen molar-refractivity contribution in [1.82, 2.24) is 0 Å². The topological polar surface area (TPSA) is 98.0 Å². The first kappa shape index (κ1) is 13.7. The maximum Gasteiger partial charge on any atom is 0.126 e. The van der Waals surface area contributed by atoms with E-state index >= 15 is 0 Å². The molecule has 2 aromatic rings. The van der Waals surface area contributed by atoms with E-state index in [1.54, 1.807) is 12.1 Å². The number of phenolic OH excluding ortho intramolecular Hbond substituents is 4. The van der Waals surface area contributed by atoms with Crippen LogP contribution in [0.25, 0.3) is 0 Å². The Hall–Kier alpha value is -2.69. The van der Waals surface area contributed by atoms with E-state index in [-0.39, 0.29) is 35.0 Å². The Kier molecular flexibility index (Phi) is 3.79. The van der Waals surface area contributed by atoms with Crippen molar-refractivity contribution in [2.45, 2.75) is 12.3 Å². The first-order valence-corrected chi connectivity index (χ1v) is 6.00. The average molecular weight is 274 g/mol. The van der Waals surface area contributed by atoms with Crippen LogP contribution in [0.2, 0.25) is 0 Å². The lowest BCUT2D eigenvalue weighted by atomic mass is 9.87. The third-order valence-electron chi connectivity index (χ3n) is 3.07. The van der Waals surface area contributed by atoms with Crippen molar-refractivity contribution in [2.75, 3.05) is 0 Å². The van der Waals surface area contributed by atoms with Gasteiger partial charge in [-0.15, -0.1) is 0 Å². The van der Waals surface area contributed by atoms with E-state index in [0.717, 1.165) is 12.1 Å². The van der Waals surface area contributed by atoms with Gasteiger partial charge in [0.2, 0.25) is 0 Å². The number of carbonyl (C=O) groups is 1. The van der Waals surface area contributed by atoms with Gasteiger partial charge in [-0.3, -0.25) is 0 Å². The van der Waals surface area contributed by atoms with Crippen molar-refractivity contribution < 1.29 is 25.2 Å². The first-order valence-electron chi connectivity index (χ1n) is 6.00. The molecule has 2 aromatic carbocycles. The summed E-state index contributed by atoms with van der Waals surface area (Å²) < 4.78 is 0. The predicted octanol–water partition coefficient (Wildman–Crippen LogP) is 2.23. The van der Waals surface area contributed by atoms with Gasteiger partial charge in [-0.05, 0) is 17.7 Å². The van der Waals surface area contributed by atoms with Gasteiger partial charge in [-0.2, -0.15) is 0 Å². The maximum absolute atomic E-state index is 10.9. The highest BCUT2D eigenvalue weighted by molar-refractivity contribution is 5.60. The molecule has 4 N–H and O–H groups in total. The highest BCUT2D eigenvalue weighted by atomic mass is 16.3. The van der Waals surface area contributed by atoms with Crippen LogP contribution in [0, 0.1) is 0 Å².